The molecule has 2 amide bonds. The number of rotatable bonds is 4. The van der Waals surface area contributed by atoms with Crippen LogP contribution in [0.5, 0.6) is 11.5 Å². The summed E-state index contributed by atoms with van der Waals surface area (Å²) >= 11 is 0. The standard InChI is InChI=1S/C23H22N4O6S/c1-13-3-5-18(14(2)7-13)27-21(16-10-34(30,31)11-17(16)26-27)25-23(29)22(28)24-9-15-4-6-19-20(8-15)33-12-32-19/h3-8H,9-12H2,1-2H3,(H,24,28)(H,25,29). The van der Waals surface area contributed by atoms with Crippen LogP contribution >= 0.6 is 0 Å². The van der Waals surface area contributed by atoms with Crippen LogP contribution in [0.25, 0.3) is 5.69 Å². The molecule has 5 rings (SSSR count). The van der Waals surface area contributed by atoms with Crippen molar-refractivity contribution in [1.82, 2.24) is 15.1 Å². The fraction of sp³-hybridized carbons (Fsp3) is 0.261. The van der Waals surface area contributed by atoms with Crippen molar-refractivity contribution < 1.29 is 27.5 Å². The van der Waals surface area contributed by atoms with Crippen molar-refractivity contribution in [2.24, 2.45) is 0 Å². The Morgan fingerprint density at radius 1 is 1.03 bits per heavy atom. The van der Waals surface area contributed by atoms with Gasteiger partial charge in [-0.3, -0.25) is 9.59 Å². The average molecular weight is 483 g/mol. The highest BCUT2D eigenvalue weighted by Crippen LogP contribution is 2.34. The van der Waals surface area contributed by atoms with E-state index in [0.29, 0.717) is 28.4 Å². The number of ether oxygens (including phenoxy) is 2. The van der Waals surface area contributed by atoms with Crippen LogP contribution in [-0.4, -0.2) is 36.8 Å². The number of aryl methyl sites for hydroxylation is 2. The molecule has 34 heavy (non-hydrogen) atoms. The second-order valence-corrected chi connectivity index (χ2v) is 10.4. The van der Waals surface area contributed by atoms with Gasteiger partial charge in [0.25, 0.3) is 0 Å². The van der Waals surface area contributed by atoms with Gasteiger partial charge in [0.15, 0.2) is 21.3 Å². The molecule has 2 N–H and O–H groups in total. The molecule has 0 bridgehead atoms. The summed E-state index contributed by atoms with van der Waals surface area (Å²) in [5.41, 5.74) is 4.14. The van der Waals surface area contributed by atoms with Crippen LogP contribution < -0.4 is 20.1 Å². The lowest BCUT2D eigenvalue weighted by molar-refractivity contribution is -0.136. The monoisotopic (exact) mass is 482 g/mol. The molecule has 0 aliphatic carbocycles. The highest BCUT2D eigenvalue weighted by atomic mass is 32.2. The first-order valence-corrected chi connectivity index (χ1v) is 12.4. The van der Waals surface area contributed by atoms with Crippen LogP contribution in [0.2, 0.25) is 0 Å². The Kier molecular flexibility index (Phi) is 5.28. The molecule has 3 aromatic rings. The number of hydrogen-bond acceptors (Lipinski definition) is 7. The molecule has 176 valence electrons. The van der Waals surface area contributed by atoms with Crippen LogP contribution in [-0.2, 0) is 37.5 Å². The van der Waals surface area contributed by atoms with Crippen LogP contribution in [0.4, 0.5) is 5.82 Å². The minimum atomic E-state index is -3.36. The first kappa shape index (κ1) is 22.0. The zero-order valence-corrected chi connectivity index (χ0v) is 19.4. The zero-order chi connectivity index (χ0) is 24.0. The topological polar surface area (TPSA) is 129 Å². The van der Waals surface area contributed by atoms with Crippen molar-refractivity contribution in [3.05, 3.63) is 64.3 Å². The van der Waals surface area contributed by atoms with Crippen molar-refractivity contribution in [3.63, 3.8) is 0 Å². The van der Waals surface area contributed by atoms with Crippen molar-refractivity contribution in [2.75, 3.05) is 12.1 Å². The third kappa shape index (κ3) is 4.10. The molecule has 1 aromatic heterocycles. The number of nitrogens with zero attached hydrogens (tertiary/aromatic N) is 2. The molecule has 11 heteroatoms. The van der Waals surface area contributed by atoms with Crippen LogP contribution in [0.3, 0.4) is 0 Å². The van der Waals surface area contributed by atoms with Gasteiger partial charge in [-0.2, -0.15) is 5.10 Å². The molecular formula is C23H22N4O6S. The predicted molar refractivity (Wildman–Crippen MR) is 122 cm³/mol. The van der Waals surface area contributed by atoms with E-state index < -0.39 is 21.7 Å². The Hall–Kier alpha value is -3.86. The number of fused-ring (bicyclic) bond motifs is 2. The Morgan fingerprint density at radius 2 is 1.82 bits per heavy atom. The molecular weight excluding hydrogens is 460 g/mol. The molecule has 0 saturated heterocycles. The molecule has 0 fully saturated rings. The highest BCUT2D eigenvalue weighted by molar-refractivity contribution is 7.90. The van der Waals surface area contributed by atoms with Gasteiger partial charge in [-0.25, -0.2) is 13.1 Å². The summed E-state index contributed by atoms with van der Waals surface area (Å²) in [6, 6.07) is 10.9. The molecule has 2 aromatic carbocycles. The minimum Gasteiger partial charge on any atom is -0.454 e. The summed E-state index contributed by atoms with van der Waals surface area (Å²) in [5.74, 6) is -0.853. The molecule has 2 aliphatic heterocycles. The van der Waals surface area contributed by atoms with Gasteiger partial charge in [0.05, 0.1) is 22.9 Å². The highest BCUT2D eigenvalue weighted by Gasteiger charge is 2.34. The average Bonchev–Trinajstić information content (AvgIpc) is 3.45. The lowest BCUT2D eigenvalue weighted by Gasteiger charge is -2.13. The van der Waals surface area contributed by atoms with Crippen LogP contribution in [0.15, 0.2) is 36.4 Å². The Labute approximate surface area is 195 Å². The van der Waals surface area contributed by atoms with E-state index in [0.717, 1.165) is 16.7 Å². The van der Waals surface area contributed by atoms with E-state index >= 15 is 0 Å². The fourth-order valence-electron chi connectivity index (χ4n) is 4.07. The van der Waals surface area contributed by atoms with E-state index in [9.17, 15) is 18.0 Å². The number of benzene rings is 2. The van der Waals surface area contributed by atoms with Crippen molar-refractivity contribution in [2.45, 2.75) is 31.9 Å². The maximum absolute atomic E-state index is 12.7. The first-order chi connectivity index (χ1) is 16.2. The summed E-state index contributed by atoms with van der Waals surface area (Å²) < 4.78 is 36.4. The Bertz CT molecular complexity index is 1440. The van der Waals surface area contributed by atoms with Crippen LogP contribution in [0.1, 0.15) is 27.9 Å². The van der Waals surface area contributed by atoms with Gasteiger partial charge in [-0.1, -0.05) is 23.8 Å². The molecule has 3 heterocycles. The normalized spacial score (nSPS) is 15.1. The number of carbonyl (C=O) groups is 2. The third-order valence-electron chi connectivity index (χ3n) is 5.70. The van der Waals surface area contributed by atoms with E-state index in [-0.39, 0.29) is 30.7 Å². The third-order valence-corrected chi connectivity index (χ3v) is 7.14. The quantitative estimate of drug-likeness (QED) is 0.544. The number of hydrogen-bond donors (Lipinski definition) is 2. The molecule has 10 nitrogen and oxygen atoms in total. The maximum atomic E-state index is 12.7. The van der Waals surface area contributed by atoms with E-state index in [1.807, 2.05) is 32.0 Å². The lowest BCUT2D eigenvalue weighted by Crippen LogP contribution is -2.35. The van der Waals surface area contributed by atoms with Crippen LogP contribution in [0, 0.1) is 13.8 Å². The van der Waals surface area contributed by atoms with E-state index in [1.165, 1.54) is 4.68 Å². The van der Waals surface area contributed by atoms with Gasteiger partial charge in [0.2, 0.25) is 6.79 Å². The molecule has 0 atom stereocenters. The molecule has 2 aliphatic rings. The summed E-state index contributed by atoms with van der Waals surface area (Å²) in [7, 11) is -3.36. The van der Waals surface area contributed by atoms with E-state index in [1.54, 1.807) is 18.2 Å². The van der Waals surface area contributed by atoms with Gasteiger partial charge in [0, 0.05) is 12.1 Å². The van der Waals surface area contributed by atoms with Gasteiger partial charge in [-0.15, -0.1) is 0 Å². The number of sulfone groups is 1. The second kappa shape index (κ2) is 8.17. The summed E-state index contributed by atoms with van der Waals surface area (Å²) in [6.45, 7) is 4.10. The smallest absolute Gasteiger partial charge is 0.314 e. The van der Waals surface area contributed by atoms with Gasteiger partial charge >= 0.3 is 11.8 Å². The summed E-state index contributed by atoms with van der Waals surface area (Å²) in [6.07, 6.45) is 0. The number of carbonyl (C=O) groups excluding carboxylic acids is 2. The SMILES string of the molecule is Cc1ccc(-n2nc3c(c2NC(=O)C(=O)NCc2ccc4c(c2)OCO4)CS(=O)(=O)C3)c(C)c1. The Morgan fingerprint density at radius 3 is 2.62 bits per heavy atom. The molecule has 0 spiro atoms. The van der Waals surface area contributed by atoms with Gasteiger partial charge in [-0.05, 0) is 43.2 Å². The largest absolute Gasteiger partial charge is 0.454 e. The van der Waals surface area contributed by atoms with E-state index in [4.69, 9.17) is 9.47 Å². The summed E-state index contributed by atoms with van der Waals surface area (Å²) in [5, 5.41) is 9.61. The van der Waals surface area contributed by atoms with Crippen molar-refractivity contribution in [1.29, 1.82) is 0 Å². The Balaban J connectivity index is 1.37. The number of nitrogens with one attached hydrogen (secondary N) is 2. The maximum Gasteiger partial charge on any atom is 0.314 e. The molecule has 0 radical (unpaired) electrons. The van der Waals surface area contributed by atoms with Crippen molar-refractivity contribution in [3.8, 4) is 17.2 Å². The van der Waals surface area contributed by atoms with Gasteiger partial charge < -0.3 is 20.1 Å². The predicted octanol–water partition coefficient (Wildman–Crippen LogP) is 1.90. The number of aromatic nitrogens is 2. The second-order valence-electron chi connectivity index (χ2n) is 8.33. The van der Waals surface area contributed by atoms with Crippen molar-refractivity contribution >= 4 is 27.5 Å². The fourth-order valence-corrected chi connectivity index (χ4v) is 5.56. The first-order valence-electron chi connectivity index (χ1n) is 10.6. The molecule has 0 saturated carbocycles. The van der Waals surface area contributed by atoms with E-state index in [2.05, 4.69) is 15.7 Å². The minimum absolute atomic E-state index is 0.103. The lowest BCUT2D eigenvalue weighted by atomic mass is 10.1. The molecule has 0 unspecified atom stereocenters. The van der Waals surface area contributed by atoms with Gasteiger partial charge in [0.1, 0.15) is 5.82 Å². The number of anilines is 1. The summed E-state index contributed by atoms with van der Waals surface area (Å²) in [4.78, 5) is 25.3. The number of amides is 2. The zero-order valence-electron chi connectivity index (χ0n) is 18.5.